The van der Waals surface area contributed by atoms with Crippen molar-refractivity contribution in [2.45, 2.75) is 47.6 Å². The maximum Gasteiger partial charge on any atom is 0.256 e. The van der Waals surface area contributed by atoms with E-state index in [-0.39, 0.29) is 17.9 Å². The van der Waals surface area contributed by atoms with Crippen LogP contribution in [0.1, 0.15) is 54.3 Å². The van der Waals surface area contributed by atoms with E-state index < -0.39 is 0 Å². The number of nitrogens with zero attached hydrogens (tertiary/aromatic N) is 3. The standard InChI is InChI=1S/C25H27N5O3/c1-13(2)30-24-21(12-26-30)20(11-23(29-24)19-9-15(4)33-16(19)5)25(32)28-18-8-7-14(3)22(10-18)27-17(6)31/h7-13H,1-6H3,(H,27,31)(H,28,32). The summed E-state index contributed by atoms with van der Waals surface area (Å²) in [4.78, 5) is 29.7. The monoisotopic (exact) mass is 445 g/mol. The number of amides is 2. The Hall–Kier alpha value is -3.94. The topological polar surface area (TPSA) is 102 Å². The van der Waals surface area contributed by atoms with Gasteiger partial charge in [-0.15, -0.1) is 0 Å². The van der Waals surface area contributed by atoms with E-state index in [0.29, 0.717) is 33.7 Å². The molecule has 4 aromatic rings. The molecule has 3 aromatic heterocycles. The SMILES string of the molecule is CC(=O)Nc1cc(NC(=O)c2cc(-c3cc(C)oc3C)nc3c2cnn3C(C)C)ccc1C. The zero-order chi connectivity index (χ0) is 23.9. The van der Waals surface area contributed by atoms with Gasteiger partial charge in [0.1, 0.15) is 11.5 Å². The van der Waals surface area contributed by atoms with Crippen LogP contribution in [0.15, 0.2) is 40.9 Å². The molecule has 0 radical (unpaired) electrons. The normalized spacial score (nSPS) is 11.2. The summed E-state index contributed by atoms with van der Waals surface area (Å²) in [6.07, 6.45) is 1.67. The van der Waals surface area contributed by atoms with Crippen molar-refractivity contribution in [3.8, 4) is 11.3 Å². The molecule has 8 nitrogen and oxygen atoms in total. The zero-order valence-corrected chi connectivity index (χ0v) is 19.6. The lowest BCUT2D eigenvalue weighted by Gasteiger charge is -2.12. The summed E-state index contributed by atoms with van der Waals surface area (Å²) in [7, 11) is 0. The molecule has 0 aliphatic heterocycles. The maximum atomic E-state index is 13.4. The summed E-state index contributed by atoms with van der Waals surface area (Å²) in [6.45, 7) is 11.1. The first kappa shape index (κ1) is 22.3. The van der Waals surface area contributed by atoms with E-state index in [9.17, 15) is 9.59 Å². The van der Waals surface area contributed by atoms with Crippen LogP contribution >= 0.6 is 0 Å². The molecule has 0 aliphatic rings. The van der Waals surface area contributed by atoms with Crippen LogP contribution in [0.2, 0.25) is 0 Å². The number of aromatic nitrogens is 3. The number of fused-ring (bicyclic) bond motifs is 1. The lowest BCUT2D eigenvalue weighted by Crippen LogP contribution is -2.14. The Labute approximate surface area is 192 Å². The average Bonchev–Trinajstić information content (AvgIpc) is 3.31. The van der Waals surface area contributed by atoms with Crippen molar-refractivity contribution in [3.05, 3.63) is 59.2 Å². The van der Waals surface area contributed by atoms with Crippen molar-refractivity contribution in [2.75, 3.05) is 10.6 Å². The Kier molecular flexibility index (Phi) is 5.76. The molecule has 0 saturated carbocycles. The number of carbonyl (C=O) groups is 2. The summed E-state index contributed by atoms with van der Waals surface area (Å²) in [5.74, 6) is 1.05. The van der Waals surface area contributed by atoms with E-state index in [2.05, 4.69) is 15.7 Å². The number of nitrogens with one attached hydrogen (secondary N) is 2. The highest BCUT2D eigenvalue weighted by atomic mass is 16.3. The molecule has 0 fully saturated rings. The van der Waals surface area contributed by atoms with Crippen molar-refractivity contribution in [1.29, 1.82) is 0 Å². The first-order valence-electron chi connectivity index (χ1n) is 10.8. The maximum absolute atomic E-state index is 13.4. The molecule has 0 unspecified atom stereocenters. The number of anilines is 2. The van der Waals surface area contributed by atoms with Gasteiger partial charge in [0, 0.05) is 29.9 Å². The average molecular weight is 446 g/mol. The second-order valence-corrected chi connectivity index (χ2v) is 8.47. The highest BCUT2D eigenvalue weighted by Gasteiger charge is 2.20. The number of hydrogen-bond donors (Lipinski definition) is 2. The van der Waals surface area contributed by atoms with E-state index in [4.69, 9.17) is 9.40 Å². The van der Waals surface area contributed by atoms with Gasteiger partial charge in [0.25, 0.3) is 5.91 Å². The van der Waals surface area contributed by atoms with Gasteiger partial charge in [0.15, 0.2) is 5.65 Å². The highest BCUT2D eigenvalue weighted by Crippen LogP contribution is 2.30. The van der Waals surface area contributed by atoms with E-state index in [1.54, 1.807) is 29.1 Å². The number of aryl methyl sites for hydroxylation is 3. The van der Waals surface area contributed by atoms with Crippen LogP contribution in [0, 0.1) is 20.8 Å². The first-order chi connectivity index (χ1) is 15.6. The second-order valence-electron chi connectivity index (χ2n) is 8.47. The van der Waals surface area contributed by atoms with Gasteiger partial charge in [-0.05, 0) is 64.4 Å². The molecular formula is C25H27N5O3. The molecule has 4 rings (SSSR count). The van der Waals surface area contributed by atoms with E-state index in [0.717, 1.165) is 22.6 Å². The van der Waals surface area contributed by atoms with Crippen LogP contribution in [0.3, 0.4) is 0 Å². The van der Waals surface area contributed by atoms with Crippen LogP contribution in [0.4, 0.5) is 11.4 Å². The molecule has 2 amide bonds. The highest BCUT2D eigenvalue weighted by molar-refractivity contribution is 6.13. The molecule has 0 atom stereocenters. The van der Waals surface area contributed by atoms with Crippen molar-refractivity contribution in [2.24, 2.45) is 0 Å². The fraction of sp³-hybridized carbons (Fsp3) is 0.280. The third-order valence-corrected chi connectivity index (χ3v) is 5.42. The largest absolute Gasteiger partial charge is 0.466 e. The zero-order valence-electron chi connectivity index (χ0n) is 19.6. The van der Waals surface area contributed by atoms with Crippen molar-refractivity contribution >= 4 is 34.2 Å². The Morgan fingerprint density at radius 3 is 2.45 bits per heavy atom. The molecule has 2 N–H and O–H groups in total. The van der Waals surface area contributed by atoms with Gasteiger partial charge in [0.2, 0.25) is 5.91 Å². The third-order valence-electron chi connectivity index (χ3n) is 5.42. The van der Waals surface area contributed by atoms with Gasteiger partial charge in [-0.1, -0.05) is 6.07 Å². The number of carbonyl (C=O) groups excluding carboxylic acids is 2. The van der Waals surface area contributed by atoms with Crippen LogP contribution < -0.4 is 10.6 Å². The number of rotatable bonds is 5. The lowest BCUT2D eigenvalue weighted by molar-refractivity contribution is -0.114. The molecular weight excluding hydrogens is 418 g/mol. The Morgan fingerprint density at radius 1 is 1.06 bits per heavy atom. The predicted octanol–water partition coefficient (Wildman–Crippen LogP) is 5.41. The first-order valence-corrected chi connectivity index (χ1v) is 10.8. The van der Waals surface area contributed by atoms with Gasteiger partial charge in [-0.3, -0.25) is 9.59 Å². The molecule has 3 heterocycles. The van der Waals surface area contributed by atoms with Crippen molar-refractivity contribution < 1.29 is 14.0 Å². The summed E-state index contributed by atoms with van der Waals surface area (Å²) >= 11 is 0. The van der Waals surface area contributed by atoms with Crippen LogP contribution in [0.5, 0.6) is 0 Å². The van der Waals surface area contributed by atoms with E-state index in [1.807, 2.05) is 46.8 Å². The van der Waals surface area contributed by atoms with Crippen molar-refractivity contribution in [3.63, 3.8) is 0 Å². The molecule has 0 saturated heterocycles. The van der Waals surface area contributed by atoms with Gasteiger partial charge in [0.05, 0.1) is 22.8 Å². The minimum atomic E-state index is -0.289. The van der Waals surface area contributed by atoms with E-state index in [1.165, 1.54) is 6.92 Å². The lowest BCUT2D eigenvalue weighted by atomic mass is 10.1. The number of pyridine rings is 1. The Balaban J connectivity index is 1.80. The molecule has 0 spiro atoms. The molecule has 0 aliphatic carbocycles. The smallest absolute Gasteiger partial charge is 0.256 e. The molecule has 33 heavy (non-hydrogen) atoms. The third kappa shape index (κ3) is 4.37. The summed E-state index contributed by atoms with van der Waals surface area (Å²) in [5, 5.41) is 10.9. The minimum absolute atomic E-state index is 0.0747. The number of hydrogen-bond acceptors (Lipinski definition) is 5. The van der Waals surface area contributed by atoms with E-state index >= 15 is 0 Å². The summed E-state index contributed by atoms with van der Waals surface area (Å²) in [6, 6.07) is 9.16. The molecule has 0 bridgehead atoms. The predicted molar refractivity (Wildman–Crippen MR) is 129 cm³/mol. The summed E-state index contributed by atoms with van der Waals surface area (Å²) in [5.41, 5.74) is 4.71. The Morgan fingerprint density at radius 2 is 1.82 bits per heavy atom. The summed E-state index contributed by atoms with van der Waals surface area (Å²) < 4.78 is 7.50. The Bertz CT molecular complexity index is 1380. The van der Waals surface area contributed by atoms with Gasteiger partial charge in [-0.2, -0.15) is 5.10 Å². The fourth-order valence-corrected chi connectivity index (χ4v) is 3.83. The van der Waals surface area contributed by atoms with Crippen LogP contribution in [0.25, 0.3) is 22.3 Å². The van der Waals surface area contributed by atoms with Gasteiger partial charge < -0.3 is 15.1 Å². The van der Waals surface area contributed by atoms with Crippen molar-refractivity contribution in [1.82, 2.24) is 14.8 Å². The molecule has 170 valence electrons. The van der Waals surface area contributed by atoms with Crippen LogP contribution in [-0.4, -0.2) is 26.6 Å². The fourth-order valence-electron chi connectivity index (χ4n) is 3.83. The second kappa shape index (κ2) is 8.54. The minimum Gasteiger partial charge on any atom is -0.466 e. The van der Waals surface area contributed by atoms with Crippen LogP contribution in [-0.2, 0) is 4.79 Å². The van der Waals surface area contributed by atoms with Gasteiger partial charge in [-0.25, -0.2) is 9.67 Å². The quantitative estimate of drug-likeness (QED) is 0.428. The van der Waals surface area contributed by atoms with Gasteiger partial charge >= 0.3 is 0 Å². The number of furan rings is 1. The molecule has 8 heteroatoms. The molecule has 1 aromatic carbocycles. The number of benzene rings is 1.